The maximum Gasteiger partial charge on any atom is 0.267 e. The standard InChI is InChI=1S/C18H19N3O3S2/c1-4-13-10(2)15-16(26-13)20-18(25-9-14(19)22)21(17(15)23)11-6-5-7-12(8-11)24-3/h5-8H,4,9H2,1-3H3,(H2,19,22). The van der Waals surface area contributed by atoms with Crippen LogP contribution in [0.5, 0.6) is 5.75 Å². The topological polar surface area (TPSA) is 87.2 Å². The van der Waals surface area contributed by atoms with E-state index in [-0.39, 0.29) is 11.3 Å². The molecule has 0 fully saturated rings. The number of nitrogens with two attached hydrogens (primary N) is 1. The van der Waals surface area contributed by atoms with Crippen molar-refractivity contribution in [3.8, 4) is 11.4 Å². The molecule has 0 spiro atoms. The monoisotopic (exact) mass is 389 g/mol. The highest BCUT2D eigenvalue weighted by atomic mass is 32.2. The largest absolute Gasteiger partial charge is 0.497 e. The SMILES string of the molecule is CCc1sc2nc(SCC(N)=O)n(-c3cccc(OC)c3)c(=O)c2c1C. The number of carbonyl (C=O) groups is 1. The molecule has 3 aromatic rings. The molecule has 1 aromatic carbocycles. The van der Waals surface area contributed by atoms with Gasteiger partial charge in [0.2, 0.25) is 5.91 Å². The van der Waals surface area contributed by atoms with E-state index in [4.69, 9.17) is 10.5 Å². The fraction of sp³-hybridized carbons (Fsp3) is 0.278. The maximum absolute atomic E-state index is 13.3. The van der Waals surface area contributed by atoms with E-state index in [0.717, 1.165) is 28.6 Å². The van der Waals surface area contributed by atoms with Crippen LogP contribution in [0.2, 0.25) is 0 Å². The zero-order valence-electron chi connectivity index (χ0n) is 14.7. The van der Waals surface area contributed by atoms with Crippen LogP contribution in [0.25, 0.3) is 15.9 Å². The van der Waals surface area contributed by atoms with Crippen molar-refractivity contribution in [1.82, 2.24) is 9.55 Å². The van der Waals surface area contributed by atoms with Gasteiger partial charge in [0, 0.05) is 10.9 Å². The van der Waals surface area contributed by atoms with Crippen LogP contribution in [0.4, 0.5) is 0 Å². The summed E-state index contributed by atoms with van der Waals surface area (Å²) in [5.74, 6) is 0.224. The van der Waals surface area contributed by atoms with Crippen molar-refractivity contribution >= 4 is 39.2 Å². The average Bonchev–Trinajstić information content (AvgIpc) is 2.96. The van der Waals surface area contributed by atoms with Gasteiger partial charge in [-0.3, -0.25) is 14.2 Å². The molecule has 3 rings (SSSR count). The highest BCUT2D eigenvalue weighted by molar-refractivity contribution is 7.99. The molecule has 0 aliphatic rings. The molecular formula is C18H19N3O3S2. The van der Waals surface area contributed by atoms with Crippen LogP contribution >= 0.6 is 23.1 Å². The zero-order valence-corrected chi connectivity index (χ0v) is 16.4. The molecule has 2 aromatic heterocycles. The summed E-state index contributed by atoms with van der Waals surface area (Å²) < 4.78 is 6.80. The number of primary amides is 1. The molecule has 0 bridgehead atoms. The quantitative estimate of drug-likeness (QED) is 0.517. The second-order valence-electron chi connectivity index (χ2n) is 5.68. The molecular weight excluding hydrogens is 370 g/mol. The lowest BCUT2D eigenvalue weighted by Gasteiger charge is -2.12. The van der Waals surface area contributed by atoms with Crippen LogP contribution in [0.15, 0.2) is 34.2 Å². The Kier molecular flexibility index (Phi) is 5.33. The lowest BCUT2D eigenvalue weighted by molar-refractivity contribution is -0.115. The zero-order chi connectivity index (χ0) is 18.8. The van der Waals surface area contributed by atoms with Gasteiger partial charge in [-0.15, -0.1) is 11.3 Å². The number of benzene rings is 1. The molecule has 2 heterocycles. The lowest BCUT2D eigenvalue weighted by Crippen LogP contribution is -2.23. The van der Waals surface area contributed by atoms with Gasteiger partial charge < -0.3 is 10.5 Å². The molecule has 0 radical (unpaired) electrons. The lowest BCUT2D eigenvalue weighted by atomic mass is 10.2. The summed E-state index contributed by atoms with van der Waals surface area (Å²) in [4.78, 5) is 31.0. The fourth-order valence-corrected chi connectivity index (χ4v) is 4.67. The second-order valence-corrected chi connectivity index (χ2v) is 7.70. The molecule has 0 saturated carbocycles. The van der Waals surface area contributed by atoms with E-state index in [1.165, 1.54) is 15.9 Å². The predicted octanol–water partition coefficient (Wildman–Crippen LogP) is 2.90. The Labute approximate surface area is 159 Å². The van der Waals surface area contributed by atoms with E-state index in [2.05, 4.69) is 11.9 Å². The van der Waals surface area contributed by atoms with Crippen LogP contribution in [0.3, 0.4) is 0 Å². The number of ether oxygens (including phenoxy) is 1. The first-order chi connectivity index (χ1) is 12.5. The number of thioether (sulfide) groups is 1. The van der Waals surface area contributed by atoms with E-state index < -0.39 is 5.91 Å². The minimum Gasteiger partial charge on any atom is -0.497 e. The molecule has 0 aliphatic heterocycles. The number of rotatable bonds is 6. The van der Waals surface area contributed by atoms with E-state index >= 15 is 0 Å². The van der Waals surface area contributed by atoms with E-state index in [1.54, 1.807) is 13.2 Å². The number of methoxy groups -OCH3 is 1. The van der Waals surface area contributed by atoms with Crippen LogP contribution in [-0.2, 0) is 11.2 Å². The van der Waals surface area contributed by atoms with Gasteiger partial charge in [-0.25, -0.2) is 4.98 Å². The molecule has 136 valence electrons. The van der Waals surface area contributed by atoms with Gasteiger partial charge in [0.05, 0.1) is 23.9 Å². The summed E-state index contributed by atoms with van der Waals surface area (Å²) in [7, 11) is 1.57. The normalized spacial score (nSPS) is 11.0. The number of carbonyl (C=O) groups excluding carboxylic acids is 1. The van der Waals surface area contributed by atoms with Gasteiger partial charge in [-0.1, -0.05) is 24.8 Å². The Morgan fingerprint density at radius 3 is 2.85 bits per heavy atom. The highest BCUT2D eigenvalue weighted by Gasteiger charge is 2.19. The predicted molar refractivity (Wildman–Crippen MR) is 106 cm³/mol. The number of hydrogen-bond donors (Lipinski definition) is 1. The van der Waals surface area contributed by atoms with Gasteiger partial charge in [0.25, 0.3) is 5.56 Å². The molecule has 0 saturated heterocycles. The molecule has 0 atom stereocenters. The van der Waals surface area contributed by atoms with Gasteiger partial charge in [0.1, 0.15) is 10.6 Å². The number of hydrogen-bond acceptors (Lipinski definition) is 6. The van der Waals surface area contributed by atoms with Crippen molar-refractivity contribution in [2.24, 2.45) is 5.73 Å². The third-order valence-corrected chi connectivity index (χ3v) is 6.30. The van der Waals surface area contributed by atoms with Crippen molar-refractivity contribution in [1.29, 1.82) is 0 Å². The molecule has 8 heteroatoms. The number of aryl methyl sites for hydroxylation is 2. The smallest absolute Gasteiger partial charge is 0.267 e. The van der Waals surface area contributed by atoms with Crippen molar-refractivity contribution in [3.05, 3.63) is 45.1 Å². The van der Waals surface area contributed by atoms with Gasteiger partial charge >= 0.3 is 0 Å². The average molecular weight is 390 g/mol. The molecule has 1 amide bonds. The van der Waals surface area contributed by atoms with Crippen LogP contribution in [0.1, 0.15) is 17.4 Å². The number of fused-ring (bicyclic) bond motifs is 1. The number of aromatic nitrogens is 2. The first kappa shape index (κ1) is 18.5. The fourth-order valence-electron chi connectivity index (χ4n) is 2.76. The molecule has 26 heavy (non-hydrogen) atoms. The Morgan fingerprint density at radius 2 is 2.19 bits per heavy atom. The summed E-state index contributed by atoms with van der Waals surface area (Å²) >= 11 is 2.68. The number of amides is 1. The highest BCUT2D eigenvalue weighted by Crippen LogP contribution is 2.30. The Hall–Kier alpha value is -2.32. The maximum atomic E-state index is 13.3. The third-order valence-electron chi connectivity index (χ3n) is 4.01. The summed E-state index contributed by atoms with van der Waals surface area (Å²) in [6.07, 6.45) is 0.842. The second kappa shape index (κ2) is 7.51. The summed E-state index contributed by atoms with van der Waals surface area (Å²) in [5, 5.41) is 1.07. The third kappa shape index (κ3) is 3.34. The first-order valence-electron chi connectivity index (χ1n) is 8.06. The molecule has 0 unspecified atom stereocenters. The summed E-state index contributed by atoms with van der Waals surface area (Å²) in [5.41, 5.74) is 6.74. The number of thiophene rings is 1. The molecule has 2 N–H and O–H groups in total. The van der Waals surface area contributed by atoms with E-state index in [9.17, 15) is 9.59 Å². The van der Waals surface area contributed by atoms with Crippen LogP contribution < -0.4 is 16.0 Å². The van der Waals surface area contributed by atoms with Gasteiger partial charge in [-0.05, 0) is 31.0 Å². The van der Waals surface area contributed by atoms with Crippen molar-refractivity contribution in [3.63, 3.8) is 0 Å². The Morgan fingerprint density at radius 1 is 1.42 bits per heavy atom. The van der Waals surface area contributed by atoms with Crippen LogP contribution in [-0.4, -0.2) is 28.3 Å². The molecule has 6 nitrogen and oxygen atoms in total. The Bertz CT molecular complexity index is 1040. The van der Waals surface area contributed by atoms with E-state index in [0.29, 0.717) is 26.8 Å². The minimum absolute atomic E-state index is 0.0485. The van der Waals surface area contributed by atoms with Crippen molar-refractivity contribution in [2.75, 3.05) is 12.9 Å². The Balaban J connectivity index is 2.30. The van der Waals surface area contributed by atoms with Gasteiger partial charge in [-0.2, -0.15) is 0 Å². The van der Waals surface area contributed by atoms with Crippen molar-refractivity contribution < 1.29 is 9.53 Å². The number of nitrogens with zero attached hydrogens (tertiary/aromatic N) is 2. The molecule has 0 aliphatic carbocycles. The van der Waals surface area contributed by atoms with Crippen molar-refractivity contribution in [2.45, 2.75) is 25.4 Å². The summed E-state index contributed by atoms with van der Waals surface area (Å²) in [6.45, 7) is 4.01. The van der Waals surface area contributed by atoms with Crippen LogP contribution in [0, 0.1) is 6.92 Å². The summed E-state index contributed by atoms with van der Waals surface area (Å²) in [6, 6.07) is 7.20. The minimum atomic E-state index is -0.460. The first-order valence-corrected chi connectivity index (χ1v) is 9.87. The van der Waals surface area contributed by atoms with E-state index in [1.807, 2.05) is 25.1 Å². The van der Waals surface area contributed by atoms with Gasteiger partial charge in [0.15, 0.2) is 5.16 Å².